The van der Waals surface area contributed by atoms with Crippen LogP contribution in [0.3, 0.4) is 0 Å². The van der Waals surface area contributed by atoms with Gasteiger partial charge < -0.3 is 18.7 Å². The Hall–Kier alpha value is -0.489. The van der Waals surface area contributed by atoms with Crippen molar-refractivity contribution < 1.29 is 22.9 Å². The number of nitrogens with one attached hydrogen (secondary N) is 1. The number of rotatable bonds is 11. The van der Waals surface area contributed by atoms with E-state index in [1.165, 1.54) is 0 Å². The Balaban J connectivity index is 4.40. The molecule has 0 aliphatic rings. The Morgan fingerprint density at radius 2 is 1.39 bits per heavy atom. The molecule has 0 bridgehead atoms. The Morgan fingerprint density at radius 1 is 0.913 bits per heavy atom. The van der Waals surface area contributed by atoms with Crippen LogP contribution in [-0.4, -0.2) is 48.7 Å². The van der Waals surface area contributed by atoms with Crippen LogP contribution in [0.15, 0.2) is 0 Å². The predicted octanol–water partition coefficient (Wildman–Crippen LogP) is 3.13. The number of amides is 1. The van der Waals surface area contributed by atoms with Crippen molar-refractivity contribution in [2.45, 2.75) is 71.1 Å². The molecule has 1 amide bonds. The van der Waals surface area contributed by atoms with Crippen LogP contribution < -0.4 is 5.32 Å². The first-order valence-corrected chi connectivity index (χ1v) is 17.5. The van der Waals surface area contributed by atoms with Gasteiger partial charge in [0, 0.05) is 13.0 Å². The largest absolute Gasteiger partial charge is 0.481 e. The highest BCUT2D eigenvalue weighted by molar-refractivity contribution is 6.87. The lowest BCUT2D eigenvalue weighted by Gasteiger charge is -2.38. The number of hydrogen-bond acceptors (Lipinski definition) is 4. The van der Waals surface area contributed by atoms with Crippen LogP contribution in [0.1, 0.15) is 19.3 Å². The molecule has 0 radical (unpaired) electrons. The van der Waals surface area contributed by atoms with Gasteiger partial charge in [-0.15, -0.1) is 0 Å². The van der Waals surface area contributed by atoms with Gasteiger partial charge in [0.1, 0.15) is 0 Å². The first-order valence-electron chi connectivity index (χ1n) is 8.11. The Morgan fingerprint density at radius 3 is 1.78 bits per heavy atom. The minimum Gasteiger partial charge on any atom is -0.481 e. The predicted molar refractivity (Wildman–Crippen MR) is 99.8 cm³/mol. The van der Waals surface area contributed by atoms with Gasteiger partial charge >= 0.3 is 14.5 Å². The summed E-state index contributed by atoms with van der Waals surface area (Å²) in [6, 6.07) is 0.834. The molecule has 0 aliphatic carbocycles. The quantitative estimate of drug-likeness (QED) is 0.425. The summed E-state index contributed by atoms with van der Waals surface area (Å²) < 4.78 is 12.8. The van der Waals surface area contributed by atoms with E-state index in [1.807, 2.05) is 0 Å². The maximum absolute atomic E-state index is 11.5. The van der Waals surface area contributed by atoms with Crippen molar-refractivity contribution >= 4 is 37.1 Å². The smallest absolute Gasteiger partial charge is 0.314 e. The van der Waals surface area contributed by atoms with Crippen molar-refractivity contribution in [1.82, 2.24) is 5.32 Å². The fraction of sp³-hybridized carbons (Fsp3) is 0.857. The van der Waals surface area contributed by atoms with Gasteiger partial charge in [-0.2, -0.15) is 0 Å². The molecule has 0 rings (SSSR count). The zero-order valence-electron chi connectivity index (χ0n) is 15.6. The second kappa shape index (κ2) is 9.11. The Labute approximate surface area is 143 Å². The zero-order chi connectivity index (χ0) is 18.3. The number of carbonyl (C=O) groups is 2. The fourth-order valence-corrected chi connectivity index (χ4v) is 14.9. The highest BCUT2D eigenvalue weighted by Crippen LogP contribution is 2.25. The summed E-state index contributed by atoms with van der Waals surface area (Å²) in [4.78, 5) is 21.9. The van der Waals surface area contributed by atoms with E-state index in [0.29, 0.717) is 6.54 Å². The molecular weight excluding hydrogens is 346 g/mol. The van der Waals surface area contributed by atoms with Crippen LogP contribution in [0.2, 0.25) is 51.9 Å². The maximum Gasteiger partial charge on any atom is 0.314 e. The van der Waals surface area contributed by atoms with Crippen molar-refractivity contribution in [2.75, 3.05) is 6.54 Å². The number of hydrogen-bond donors (Lipinski definition) is 2. The topological polar surface area (TPSA) is 84.9 Å². The molecule has 0 aromatic heterocycles. The Kier molecular flexibility index (Phi) is 8.92. The molecule has 0 saturated heterocycles. The lowest BCUT2D eigenvalue weighted by Crippen LogP contribution is -2.52. The molecule has 0 saturated carbocycles. The van der Waals surface area contributed by atoms with Crippen molar-refractivity contribution in [3.8, 4) is 0 Å². The van der Waals surface area contributed by atoms with E-state index < -0.39 is 31.2 Å². The van der Waals surface area contributed by atoms with E-state index >= 15 is 0 Å². The van der Waals surface area contributed by atoms with E-state index in [4.69, 9.17) is 13.3 Å². The Bertz CT molecular complexity index is 388. The molecule has 0 aromatic carbocycles. The first-order chi connectivity index (χ1) is 10.2. The molecule has 0 unspecified atom stereocenters. The summed E-state index contributed by atoms with van der Waals surface area (Å²) in [5.74, 6) is -1.17. The second-order valence-corrected chi connectivity index (χ2v) is 20.8. The zero-order valence-corrected chi connectivity index (χ0v) is 18.6. The number of carboxylic acids is 1. The standard InChI is InChI=1S/C14H33NO5Si3/c1-21(2,3)19-23(7,20-22(4,5)6)12-8-11-15-13(16)9-10-14(17)18/h8-12H2,1-7H3,(H,15,16)(H,17,18). The molecule has 136 valence electrons. The van der Waals surface area contributed by atoms with Gasteiger partial charge in [-0.25, -0.2) is 0 Å². The van der Waals surface area contributed by atoms with Crippen LogP contribution >= 0.6 is 0 Å². The van der Waals surface area contributed by atoms with Gasteiger partial charge in [0.05, 0.1) is 6.42 Å². The second-order valence-electron chi connectivity index (χ2n) is 7.91. The third-order valence-electron chi connectivity index (χ3n) is 2.74. The van der Waals surface area contributed by atoms with Crippen LogP contribution in [0.25, 0.3) is 0 Å². The SMILES string of the molecule is C[Si](C)(C)O[Si](C)(CCCNC(=O)CCC(=O)O)O[Si](C)(C)C. The summed E-state index contributed by atoms with van der Waals surface area (Å²) in [5, 5.41) is 11.3. The van der Waals surface area contributed by atoms with Crippen LogP contribution in [-0.2, 0) is 17.8 Å². The number of aliphatic carboxylic acids is 1. The number of carbonyl (C=O) groups excluding carboxylic acids is 1. The molecule has 6 nitrogen and oxygen atoms in total. The molecule has 23 heavy (non-hydrogen) atoms. The van der Waals surface area contributed by atoms with Gasteiger partial charge in [-0.3, -0.25) is 9.59 Å². The monoisotopic (exact) mass is 379 g/mol. The highest BCUT2D eigenvalue weighted by atomic mass is 28.5. The maximum atomic E-state index is 11.5. The van der Waals surface area contributed by atoms with Gasteiger partial charge in [-0.1, -0.05) is 0 Å². The molecule has 0 aromatic rings. The average molecular weight is 380 g/mol. The van der Waals surface area contributed by atoms with Crippen molar-refractivity contribution in [3.05, 3.63) is 0 Å². The number of carboxylic acid groups (broad SMARTS) is 1. The van der Waals surface area contributed by atoms with Gasteiger partial charge in [0.25, 0.3) is 0 Å². The minimum atomic E-state index is -2.25. The van der Waals surface area contributed by atoms with Crippen LogP contribution in [0.4, 0.5) is 0 Å². The van der Waals surface area contributed by atoms with Crippen molar-refractivity contribution in [3.63, 3.8) is 0 Å². The molecule has 2 N–H and O–H groups in total. The van der Waals surface area contributed by atoms with Gasteiger partial charge in [0.15, 0.2) is 16.6 Å². The molecule has 0 spiro atoms. The third kappa shape index (κ3) is 13.6. The molecular formula is C14H33NO5Si3. The van der Waals surface area contributed by atoms with E-state index in [1.54, 1.807) is 0 Å². The summed E-state index contributed by atoms with van der Waals surface area (Å²) in [6.45, 7) is 15.7. The van der Waals surface area contributed by atoms with E-state index in [-0.39, 0.29) is 18.7 Å². The first kappa shape index (κ1) is 22.5. The molecule has 0 aliphatic heterocycles. The van der Waals surface area contributed by atoms with E-state index in [2.05, 4.69) is 51.1 Å². The van der Waals surface area contributed by atoms with Gasteiger partial charge in [0.2, 0.25) is 5.91 Å². The third-order valence-corrected chi connectivity index (χ3v) is 12.4. The lowest BCUT2D eigenvalue weighted by molar-refractivity contribution is -0.138. The highest BCUT2D eigenvalue weighted by Gasteiger charge is 2.39. The fourth-order valence-electron chi connectivity index (χ4n) is 2.36. The molecule has 0 fully saturated rings. The lowest BCUT2D eigenvalue weighted by atomic mass is 10.3. The van der Waals surface area contributed by atoms with Gasteiger partial charge in [-0.05, 0) is 58.3 Å². The summed E-state index contributed by atoms with van der Waals surface area (Å²) in [5.41, 5.74) is 0. The van der Waals surface area contributed by atoms with Crippen molar-refractivity contribution in [2.24, 2.45) is 0 Å². The average Bonchev–Trinajstić information content (AvgIpc) is 2.27. The molecule has 9 heteroatoms. The van der Waals surface area contributed by atoms with E-state index in [9.17, 15) is 9.59 Å². The van der Waals surface area contributed by atoms with Crippen molar-refractivity contribution in [1.29, 1.82) is 0 Å². The minimum absolute atomic E-state index is 0.0286. The van der Waals surface area contributed by atoms with E-state index in [0.717, 1.165) is 12.5 Å². The summed E-state index contributed by atoms with van der Waals surface area (Å²) in [7, 11) is -5.64. The summed E-state index contributed by atoms with van der Waals surface area (Å²) in [6.07, 6.45) is 0.688. The molecule has 0 heterocycles. The summed E-state index contributed by atoms with van der Waals surface area (Å²) >= 11 is 0. The van der Waals surface area contributed by atoms with Crippen LogP contribution in [0.5, 0.6) is 0 Å². The normalized spacial score (nSPS) is 13.0. The van der Waals surface area contributed by atoms with Crippen LogP contribution in [0, 0.1) is 0 Å². The molecule has 0 atom stereocenters.